The summed E-state index contributed by atoms with van der Waals surface area (Å²) in [6.07, 6.45) is 0. The van der Waals surface area contributed by atoms with Crippen LogP contribution in [0.2, 0.25) is 0 Å². The summed E-state index contributed by atoms with van der Waals surface area (Å²) >= 11 is 0. The van der Waals surface area contributed by atoms with Crippen LogP contribution in [0.5, 0.6) is 0 Å². The molecule has 1 amide bonds. The standard InChI is InChI=1S/C10H12N2O3/c1-2-15-10(14)7-3-6(9(12)13)4-8(11)5-7/h3-5H,2,11H2,1H3,(H2,12,13). The summed E-state index contributed by atoms with van der Waals surface area (Å²) < 4.78 is 4.77. The van der Waals surface area contributed by atoms with Gasteiger partial charge >= 0.3 is 5.97 Å². The van der Waals surface area contributed by atoms with Gasteiger partial charge in [0, 0.05) is 11.3 Å². The third-order valence-corrected chi connectivity index (χ3v) is 1.75. The summed E-state index contributed by atoms with van der Waals surface area (Å²) in [5.74, 6) is -1.15. The van der Waals surface area contributed by atoms with Gasteiger partial charge in [0.2, 0.25) is 5.91 Å². The van der Waals surface area contributed by atoms with Crippen molar-refractivity contribution in [3.05, 3.63) is 29.3 Å². The van der Waals surface area contributed by atoms with Gasteiger partial charge in [0.15, 0.2) is 0 Å². The lowest BCUT2D eigenvalue weighted by atomic mass is 10.1. The molecule has 1 aromatic rings. The summed E-state index contributed by atoms with van der Waals surface area (Å²) in [5.41, 5.74) is 11.3. The van der Waals surface area contributed by atoms with Crippen molar-refractivity contribution >= 4 is 17.6 Å². The average molecular weight is 208 g/mol. The van der Waals surface area contributed by atoms with Crippen LogP contribution in [-0.4, -0.2) is 18.5 Å². The highest BCUT2D eigenvalue weighted by molar-refractivity contribution is 5.98. The summed E-state index contributed by atoms with van der Waals surface area (Å²) in [4.78, 5) is 22.2. The molecule has 0 saturated heterocycles. The molecule has 0 aliphatic carbocycles. The molecule has 0 bridgehead atoms. The normalized spacial score (nSPS) is 9.67. The van der Waals surface area contributed by atoms with Gasteiger partial charge in [0.25, 0.3) is 0 Å². The lowest BCUT2D eigenvalue weighted by molar-refractivity contribution is 0.0526. The van der Waals surface area contributed by atoms with Crippen molar-refractivity contribution in [2.75, 3.05) is 12.3 Å². The van der Waals surface area contributed by atoms with E-state index in [-0.39, 0.29) is 17.7 Å². The van der Waals surface area contributed by atoms with Gasteiger partial charge in [-0.3, -0.25) is 4.79 Å². The number of nitrogen functional groups attached to an aromatic ring is 1. The molecule has 15 heavy (non-hydrogen) atoms. The Bertz CT molecular complexity index is 402. The number of ether oxygens (including phenoxy) is 1. The van der Waals surface area contributed by atoms with E-state index in [0.717, 1.165) is 0 Å². The SMILES string of the molecule is CCOC(=O)c1cc(N)cc(C(N)=O)c1. The number of esters is 1. The zero-order chi connectivity index (χ0) is 11.4. The molecule has 0 aliphatic heterocycles. The highest BCUT2D eigenvalue weighted by Crippen LogP contribution is 2.12. The van der Waals surface area contributed by atoms with Gasteiger partial charge in [-0.1, -0.05) is 0 Å². The first-order valence-electron chi connectivity index (χ1n) is 4.42. The maximum atomic E-state index is 11.3. The molecule has 5 nitrogen and oxygen atoms in total. The fraction of sp³-hybridized carbons (Fsp3) is 0.200. The Hall–Kier alpha value is -2.04. The second kappa shape index (κ2) is 4.45. The number of carbonyl (C=O) groups excluding carboxylic acids is 2. The molecular weight excluding hydrogens is 196 g/mol. The molecule has 0 spiro atoms. The maximum Gasteiger partial charge on any atom is 0.338 e. The molecular formula is C10H12N2O3. The van der Waals surface area contributed by atoms with Crippen LogP contribution < -0.4 is 11.5 Å². The van der Waals surface area contributed by atoms with Crippen LogP contribution in [0.4, 0.5) is 5.69 Å². The molecule has 0 heterocycles. The average Bonchev–Trinajstić information content (AvgIpc) is 2.17. The van der Waals surface area contributed by atoms with Gasteiger partial charge in [-0.2, -0.15) is 0 Å². The molecule has 0 unspecified atom stereocenters. The summed E-state index contributed by atoms with van der Waals surface area (Å²) in [6, 6.07) is 4.20. The number of amides is 1. The Balaban J connectivity index is 3.09. The van der Waals surface area contributed by atoms with Crippen molar-refractivity contribution in [1.82, 2.24) is 0 Å². The van der Waals surface area contributed by atoms with E-state index in [2.05, 4.69) is 0 Å². The van der Waals surface area contributed by atoms with Crippen LogP contribution in [0.25, 0.3) is 0 Å². The highest BCUT2D eigenvalue weighted by Gasteiger charge is 2.10. The minimum Gasteiger partial charge on any atom is -0.462 e. The molecule has 0 saturated carbocycles. The number of primary amides is 1. The smallest absolute Gasteiger partial charge is 0.338 e. The lowest BCUT2D eigenvalue weighted by Gasteiger charge is -2.04. The van der Waals surface area contributed by atoms with E-state index in [4.69, 9.17) is 16.2 Å². The van der Waals surface area contributed by atoms with E-state index in [0.29, 0.717) is 5.69 Å². The second-order valence-electron chi connectivity index (χ2n) is 2.93. The van der Waals surface area contributed by atoms with Crippen LogP contribution in [0, 0.1) is 0 Å². The van der Waals surface area contributed by atoms with Crippen LogP contribution in [0.3, 0.4) is 0 Å². The summed E-state index contributed by atoms with van der Waals surface area (Å²) in [5, 5.41) is 0. The van der Waals surface area contributed by atoms with Gasteiger partial charge in [-0.05, 0) is 25.1 Å². The van der Waals surface area contributed by atoms with Crippen molar-refractivity contribution in [2.45, 2.75) is 6.92 Å². The fourth-order valence-corrected chi connectivity index (χ4v) is 1.13. The van der Waals surface area contributed by atoms with Gasteiger partial charge < -0.3 is 16.2 Å². The number of nitrogens with two attached hydrogens (primary N) is 2. The van der Waals surface area contributed by atoms with Gasteiger partial charge in [0.05, 0.1) is 12.2 Å². The molecule has 4 N–H and O–H groups in total. The van der Waals surface area contributed by atoms with Crippen molar-refractivity contribution < 1.29 is 14.3 Å². The third-order valence-electron chi connectivity index (χ3n) is 1.75. The first kappa shape index (κ1) is 11.0. The van der Waals surface area contributed by atoms with E-state index in [1.54, 1.807) is 6.92 Å². The molecule has 0 fully saturated rings. The zero-order valence-electron chi connectivity index (χ0n) is 8.32. The van der Waals surface area contributed by atoms with Gasteiger partial charge in [-0.25, -0.2) is 4.79 Å². The Morgan fingerprint density at radius 3 is 2.40 bits per heavy atom. The monoisotopic (exact) mass is 208 g/mol. The van der Waals surface area contributed by atoms with Crippen molar-refractivity contribution in [3.63, 3.8) is 0 Å². The van der Waals surface area contributed by atoms with Crippen LogP contribution >= 0.6 is 0 Å². The van der Waals surface area contributed by atoms with Crippen molar-refractivity contribution in [2.24, 2.45) is 5.73 Å². The highest BCUT2D eigenvalue weighted by atomic mass is 16.5. The van der Waals surface area contributed by atoms with Crippen molar-refractivity contribution in [3.8, 4) is 0 Å². The second-order valence-corrected chi connectivity index (χ2v) is 2.93. The van der Waals surface area contributed by atoms with E-state index in [1.807, 2.05) is 0 Å². The van der Waals surface area contributed by atoms with Crippen molar-refractivity contribution in [1.29, 1.82) is 0 Å². The zero-order valence-corrected chi connectivity index (χ0v) is 8.32. The summed E-state index contributed by atoms with van der Waals surface area (Å²) in [6.45, 7) is 1.96. The first-order chi connectivity index (χ1) is 7.04. The number of benzene rings is 1. The largest absolute Gasteiger partial charge is 0.462 e. The predicted octanol–water partition coefficient (Wildman–Crippen LogP) is 0.544. The van der Waals surface area contributed by atoms with E-state index in [1.165, 1.54) is 18.2 Å². The Morgan fingerprint density at radius 1 is 1.27 bits per heavy atom. The quantitative estimate of drug-likeness (QED) is 0.560. The minimum atomic E-state index is -0.632. The van der Waals surface area contributed by atoms with E-state index >= 15 is 0 Å². The molecule has 0 atom stereocenters. The fourth-order valence-electron chi connectivity index (χ4n) is 1.13. The van der Waals surface area contributed by atoms with Gasteiger partial charge in [-0.15, -0.1) is 0 Å². The third kappa shape index (κ3) is 2.70. The number of hydrogen-bond acceptors (Lipinski definition) is 4. The van der Waals surface area contributed by atoms with Gasteiger partial charge in [0.1, 0.15) is 0 Å². The Labute approximate surface area is 87.0 Å². The molecule has 1 rings (SSSR count). The number of rotatable bonds is 3. The molecule has 80 valence electrons. The lowest BCUT2D eigenvalue weighted by Crippen LogP contribution is -2.13. The predicted molar refractivity (Wildman–Crippen MR) is 55.3 cm³/mol. The Kier molecular flexibility index (Phi) is 3.28. The van der Waals surface area contributed by atoms with Crippen LogP contribution in [0.1, 0.15) is 27.6 Å². The van der Waals surface area contributed by atoms with Crippen LogP contribution in [0.15, 0.2) is 18.2 Å². The maximum absolute atomic E-state index is 11.3. The topological polar surface area (TPSA) is 95.4 Å². The minimum absolute atomic E-state index is 0.193. The number of carbonyl (C=O) groups is 2. The number of anilines is 1. The molecule has 0 aliphatic rings. The van der Waals surface area contributed by atoms with Crippen LogP contribution in [-0.2, 0) is 4.74 Å². The van der Waals surface area contributed by atoms with E-state index in [9.17, 15) is 9.59 Å². The molecule has 5 heteroatoms. The molecule has 0 radical (unpaired) electrons. The molecule has 0 aromatic heterocycles. The number of hydrogen-bond donors (Lipinski definition) is 2. The molecule has 1 aromatic carbocycles. The first-order valence-corrected chi connectivity index (χ1v) is 4.42. The summed E-state index contributed by atoms with van der Waals surface area (Å²) in [7, 11) is 0. The van der Waals surface area contributed by atoms with E-state index < -0.39 is 11.9 Å². The Morgan fingerprint density at radius 2 is 1.87 bits per heavy atom.